The Kier molecular flexibility index (Phi) is 4.64. The molecule has 0 atom stereocenters. The molecule has 0 aliphatic rings. The van der Waals surface area contributed by atoms with Gasteiger partial charge in [0.25, 0.3) is 0 Å². The van der Waals surface area contributed by atoms with Gasteiger partial charge in [-0.15, -0.1) is 0 Å². The largest absolute Gasteiger partial charge is 0.424 e. The number of carbonyl (C=O) groups excluding carboxylic acids is 1. The first-order chi connectivity index (χ1) is 9.05. The molecule has 0 saturated heterocycles. The van der Waals surface area contributed by atoms with Gasteiger partial charge in [-0.25, -0.2) is 4.79 Å². The number of hydrogen-bond acceptors (Lipinski definition) is 3. The van der Waals surface area contributed by atoms with Crippen LogP contribution >= 0.6 is 0 Å². The molecule has 0 unspecified atom stereocenters. The highest BCUT2D eigenvalue weighted by atomic mass is 19.4. The normalized spacial score (nSPS) is 12.3. The van der Waals surface area contributed by atoms with Crippen LogP contribution in [0.25, 0.3) is 0 Å². The lowest BCUT2D eigenvalue weighted by atomic mass is 10.1. The van der Waals surface area contributed by atoms with Gasteiger partial charge < -0.3 is 9.47 Å². The molecule has 0 radical (unpaired) electrons. The maximum Gasteiger partial charge on any atom is 0.419 e. The summed E-state index contributed by atoms with van der Waals surface area (Å²) in [4.78, 5) is 11.1. The minimum absolute atomic E-state index is 0.121. The molecule has 0 bridgehead atoms. The number of alkyl halides is 6. The van der Waals surface area contributed by atoms with Crippen LogP contribution in [0.3, 0.4) is 0 Å². The lowest BCUT2D eigenvalue weighted by Crippen LogP contribution is -2.18. The van der Waals surface area contributed by atoms with E-state index in [9.17, 15) is 31.1 Å². The molecule has 3 nitrogen and oxygen atoms in total. The molecule has 9 heteroatoms. The third kappa shape index (κ3) is 4.12. The second-order valence-electron chi connectivity index (χ2n) is 3.61. The fourth-order valence-electron chi connectivity index (χ4n) is 1.29. The predicted octanol–water partition coefficient (Wildman–Crippen LogP) is 3.28. The second-order valence-corrected chi connectivity index (χ2v) is 3.61. The van der Waals surface area contributed by atoms with Crippen LogP contribution in [-0.4, -0.2) is 19.7 Å². The number of methoxy groups -OCH3 is 1. The highest BCUT2D eigenvalue weighted by molar-refractivity contribution is 5.74. The maximum absolute atomic E-state index is 12.6. The van der Waals surface area contributed by atoms with Crippen molar-refractivity contribution in [1.82, 2.24) is 0 Å². The fourth-order valence-corrected chi connectivity index (χ4v) is 1.29. The summed E-state index contributed by atoms with van der Waals surface area (Å²) >= 11 is 0. The van der Waals surface area contributed by atoms with Gasteiger partial charge in [0.05, 0.1) is 11.1 Å². The third-order valence-electron chi connectivity index (χ3n) is 2.10. The molecule has 0 aromatic heterocycles. The average Bonchev–Trinajstić information content (AvgIpc) is 2.26. The number of ether oxygens (including phenoxy) is 2. The van der Waals surface area contributed by atoms with E-state index < -0.39 is 41.8 Å². The van der Waals surface area contributed by atoms with Crippen molar-refractivity contribution in [3.63, 3.8) is 0 Å². The van der Waals surface area contributed by atoms with Gasteiger partial charge in [0.15, 0.2) is 0 Å². The number of rotatable bonds is 3. The Hall–Kier alpha value is -1.77. The Bertz CT molecular complexity index is 492. The van der Waals surface area contributed by atoms with E-state index in [0.29, 0.717) is 0 Å². The van der Waals surface area contributed by atoms with Crippen LogP contribution in [0.1, 0.15) is 11.1 Å². The van der Waals surface area contributed by atoms with Gasteiger partial charge in [-0.2, -0.15) is 26.3 Å². The highest BCUT2D eigenvalue weighted by Gasteiger charge is 2.38. The molecule has 1 aromatic carbocycles. The van der Waals surface area contributed by atoms with Gasteiger partial charge in [-0.3, -0.25) is 0 Å². The lowest BCUT2D eigenvalue weighted by Gasteiger charge is -2.15. The Morgan fingerprint density at radius 2 is 1.70 bits per heavy atom. The van der Waals surface area contributed by atoms with Crippen molar-refractivity contribution in [3.8, 4) is 5.75 Å². The Morgan fingerprint density at radius 1 is 1.10 bits per heavy atom. The SMILES string of the molecule is COCC(=O)Oc1cc(C(F)(F)F)ccc1C(F)(F)F. The van der Waals surface area contributed by atoms with Crippen LogP contribution in [-0.2, 0) is 21.9 Å². The molecule has 0 aliphatic carbocycles. The van der Waals surface area contributed by atoms with Gasteiger partial charge in [-0.05, 0) is 18.2 Å². The van der Waals surface area contributed by atoms with E-state index >= 15 is 0 Å². The quantitative estimate of drug-likeness (QED) is 0.488. The van der Waals surface area contributed by atoms with Crippen LogP contribution in [0.5, 0.6) is 5.75 Å². The molecule has 0 heterocycles. The van der Waals surface area contributed by atoms with Crippen LogP contribution < -0.4 is 4.74 Å². The average molecular weight is 302 g/mol. The van der Waals surface area contributed by atoms with E-state index in [4.69, 9.17) is 0 Å². The third-order valence-corrected chi connectivity index (χ3v) is 2.10. The van der Waals surface area contributed by atoms with Crippen molar-refractivity contribution < 1.29 is 40.6 Å². The Labute approximate surface area is 109 Å². The van der Waals surface area contributed by atoms with E-state index in [1.807, 2.05) is 0 Å². The maximum atomic E-state index is 12.6. The Morgan fingerprint density at radius 3 is 2.15 bits per heavy atom. The van der Waals surface area contributed by atoms with Crippen LogP contribution in [0.2, 0.25) is 0 Å². The van der Waals surface area contributed by atoms with Crippen molar-refractivity contribution >= 4 is 5.97 Å². The summed E-state index contributed by atoms with van der Waals surface area (Å²) in [5, 5.41) is 0. The summed E-state index contributed by atoms with van der Waals surface area (Å²) in [7, 11) is 1.08. The minimum atomic E-state index is -4.95. The number of esters is 1. The zero-order valence-electron chi connectivity index (χ0n) is 9.93. The van der Waals surface area contributed by atoms with E-state index in [1.54, 1.807) is 0 Å². The number of hydrogen-bond donors (Lipinski definition) is 0. The zero-order valence-corrected chi connectivity index (χ0v) is 9.93. The van der Waals surface area contributed by atoms with E-state index in [0.717, 1.165) is 7.11 Å². The molecule has 0 N–H and O–H groups in total. The molecular weight excluding hydrogens is 294 g/mol. The van der Waals surface area contributed by atoms with Gasteiger partial charge in [0, 0.05) is 7.11 Å². The summed E-state index contributed by atoms with van der Waals surface area (Å²) in [6, 6.07) is 0.588. The summed E-state index contributed by atoms with van der Waals surface area (Å²) in [5.41, 5.74) is -2.83. The molecule has 112 valence electrons. The number of halogens is 6. The molecule has 0 spiro atoms. The van der Waals surface area contributed by atoms with Crippen LogP contribution in [0, 0.1) is 0 Å². The second kappa shape index (κ2) is 5.70. The van der Waals surface area contributed by atoms with Crippen LogP contribution in [0.4, 0.5) is 26.3 Å². The molecule has 0 aliphatic heterocycles. The van der Waals surface area contributed by atoms with Crippen molar-refractivity contribution in [2.75, 3.05) is 13.7 Å². The summed E-state index contributed by atoms with van der Waals surface area (Å²) in [5.74, 6) is -2.45. The molecule has 20 heavy (non-hydrogen) atoms. The molecule has 0 fully saturated rings. The van der Waals surface area contributed by atoms with E-state index in [-0.39, 0.29) is 18.2 Å². The molecule has 0 saturated carbocycles. The first kappa shape index (κ1) is 16.3. The monoisotopic (exact) mass is 302 g/mol. The summed E-state index contributed by atoms with van der Waals surface area (Å²) in [6.07, 6.45) is -9.81. The van der Waals surface area contributed by atoms with Gasteiger partial charge in [0.1, 0.15) is 12.4 Å². The number of carbonyl (C=O) groups is 1. The van der Waals surface area contributed by atoms with Gasteiger partial charge in [0.2, 0.25) is 0 Å². The lowest BCUT2D eigenvalue weighted by molar-refractivity contribution is -0.146. The standard InChI is InChI=1S/C11H8F6O3/c1-19-5-9(18)20-8-4-6(10(12,13)14)2-3-7(8)11(15,16)17/h2-4H,5H2,1H3. The first-order valence-electron chi connectivity index (χ1n) is 5.03. The summed E-state index contributed by atoms with van der Waals surface area (Å²) < 4.78 is 83.7. The van der Waals surface area contributed by atoms with Crippen molar-refractivity contribution in [2.24, 2.45) is 0 Å². The minimum Gasteiger partial charge on any atom is -0.424 e. The molecular formula is C11H8F6O3. The summed E-state index contributed by atoms with van der Waals surface area (Å²) in [6.45, 7) is -0.687. The highest BCUT2D eigenvalue weighted by Crippen LogP contribution is 2.40. The molecule has 1 rings (SSSR count). The smallest absolute Gasteiger partial charge is 0.419 e. The fraction of sp³-hybridized carbons (Fsp3) is 0.364. The zero-order chi connectivity index (χ0) is 15.6. The van der Waals surface area contributed by atoms with Gasteiger partial charge in [-0.1, -0.05) is 0 Å². The van der Waals surface area contributed by atoms with Crippen molar-refractivity contribution in [2.45, 2.75) is 12.4 Å². The van der Waals surface area contributed by atoms with E-state index in [1.165, 1.54) is 0 Å². The molecule has 0 amide bonds. The topological polar surface area (TPSA) is 35.5 Å². The number of benzene rings is 1. The predicted molar refractivity (Wildman–Crippen MR) is 54.0 cm³/mol. The van der Waals surface area contributed by atoms with E-state index in [2.05, 4.69) is 9.47 Å². The first-order valence-corrected chi connectivity index (χ1v) is 5.03. The van der Waals surface area contributed by atoms with Crippen molar-refractivity contribution in [3.05, 3.63) is 29.3 Å². The van der Waals surface area contributed by atoms with Gasteiger partial charge >= 0.3 is 18.3 Å². The van der Waals surface area contributed by atoms with Crippen molar-refractivity contribution in [1.29, 1.82) is 0 Å². The van der Waals surface area contributed by atoms with Crippen LogP contribution in [0.15, 0.2) is 18.2 Å². The molecule has 1 aromatic rings. The Balaban J connectivity index is 3.24.